The molecule has 1 rings (SSSR count). The minimum Gasteiger partial charge on any atom is -0.465 e. The van der Waals surface area contributed by atoms with Crippen LogP contribution in [-0.2, 0) is 0 Å². The van der Waals surface area contributed by atoms with Gasteiger partial charge in [0.1, 0.15) is 0 Å². The Morgan fingerprint density at radius 1 is 1.50 bits per heavy atom. The number of carboxylic acid groups (broad SMARTS) is 1. The van der Waals surface area contributed by atoms with E-state index >= 15 is 0 Å². The summed E-state index contributed by atoms with van der Waals surface area (Å²) < 4.78 is 0. The van der Waals surface area contributed by atoms with Crippen LogP contribution < -0.4 is 5.73 Å². The fraction of sp³-hybridized carbons (Fsp3) is 0.889. The zero-order valence-electron chi connectivity index (χ0n) is 8.22. The Morgan fingerprint density at radius 2 is 2.07 bits per heavy atom. The van der Waals surface area contributed by atoms with Gasteiger partial charge in [-0.25, -0.2) is 4.79 Å². The molecular weight excluding hydrogens is 184 g/mol. The summed E-state index contributed by atoms with van der Waals surface area (Å²) in [6, 6.07) is -0.156. The van der Waals surface area contributed by atoms with E-state index in [-0.39, 0.29) is 12.6 Å². The van der Waals surface area contributed by atoms with Gasteiger partial charge < -0.3 is 20.8 Å². The number of hydrogen-bond donors (Lipinski definition) is 3. The van der Waals surface area contributed by atoms with Crippen molar-refractivity contribution in [3.05, 3.63) is 0 Å². The quantitative estimate of drug-likeness (QED) is 0.605. The molecule has 0 spiro atoms. The van der Waals surface area contributed by atoms with E-state index in [1.54, 1.807) is 0 Å². The highest BCUT2D eigenvalue weighted by molar-refractivity contribution is 5.64. The van der Waals surface area contributed by atoms with E-state index < -0.39 is 6.09 Å². The number of aliphatic hydroxyl groups excluding tert-OH is 1. The molecule has 5 nitrogen and oxygen atoms in total. The zero-order valence-corrected chi connectivity index (χ0v) is 8.22. The van der Waals surface area contributed by atoms with Crippen LogP contribution in [0.2, 0.25) is 0 Å². The Morgan fingerprint density at radius 3 is 2.50 bits per heavy atom. The molecule has 4 N–H and O–H groups in total. The molecule has 1 saturated heterocycles. The van der Waals surface area contributed by atoms with Crippen molar-refractivity contribution in [2.24, 2.45) is 11.7 Å². The maximum absolute atomic E-state index is 10.6. The molecule has 0 radical (unpaired) electrons. The molecule has 0 aromatic heterocycles. The lowest BCUT2D eigenvalue weighted by Gasteiger charge is -2.30. The van der Waals surface area contributed by atoms with Gasteiger partial charge in [0.05, 0.1) is 6.61 Å². The van der Waals surface area contributed by atoms with Crippen molar-refractivity contribution in [1.29, 1.82) is 0 Å². The van der Waals surface area contributed by atoms with Crippen molar-refractivity contribution < 1.29 is 15.0 Å². The Balaban J connectivity index is 2.25. The van der Waals surface area contributed by atoms with Gasteiger partial charge in [0.15, 0.2) is 0 Å². The van der Waals surface area contributed by atoms with Crippen LogP contribution >= 0.6 is 0 Å². The SMILES string of the molecule is N[C@H](CO)CC1CCN(C(=O)O)CC1. The second-order valence-corrected chi connectivity index (χ2v) is 3.89. The smallest absolute Gasteiger partial charge is 0.407 e. The number of rotatable bonds is 3. The standard InChI is InChI=1S/C9H18N2O3/c10-8(6-12)5-7-1-3-11(4-2-7)9(13)14/h7-8,12H,1-6,10H2,(H,13,14)/t8-/m0/s1. The fourth-order valence-corrected chi connectivity index (χ4v) is 1.86. The first kappa shape index (κ1) is 11.3. The third kappa shape index (κ3) is 3.16. The molecule has 0 bridgehead atoms. The Labute approximate surface area is 83.5 Å². The molecule has 0 saturated carbocycles. The summed E-state index contributed by atoms with van der Waals surface area (Å²) in [5, 5.41) is 17.5. The molecule has 1 fully saturated rings. The van der Waals surface area contributed by atoms with E-state index in [9.17, 15) is 4.79 Å². The van der Waals surface area contributed by atoms with Crippen LogP contribution in [0.1, 0.15) is 19.3 Å². The van der Waals surface area contributed by atoms with Gasteiger partial charge in [-0.2, -0.15) is 0 Å². The predicted octanol–water partition coefficient (Wildman–Crippen LogP) is 0.0861. The monoisotopic (exact) mass is 202 g/mol. The number of carbonyl (C=O) groups is 1. The number of piperidine rings is 1. The number of nitrogens with two attached hydrogens (primary N) is 1. The van der Waals surface area contributed by atoms with Gasteiger partial charge in [0, 0.05) is 19.1 Å². The fourth-order valence-electron chi connectivity index (χ4n) is 1.86. The van der Waals surface area contributed by atoms with Gasteiger partial charge in [0.2, 0.25) is 0 Å². The Bertz CT molecular complexity index is 190. The van der Waals surface area contributed by atoms with Crippen LogP contribution in [0, 0.1) is 5.92 Å². The van der Waals surface area contributed by atoms with E-state index in [1.807, 2.05) is 0 Å². The minimum atomic E-state index is -0.838. The van der Waals surface area contributed by atoms with Crippen LogP contribution in [0.4, 0.5) is 4.79 Å². The highest BCUT2D eigenvalue weighted by atomic mass is 16.4. The van der Waals surface area contributed by atoms with Crippen LogP contribution in [0.5, 0.6) is 0 Å². The summed E-state index contributed by atoms with van der Waals surface area (Å²) >= 11 is 0. The normalized spacial score (nSPS) is 20.9. The molecular formula is C9H18N2O3. The maximum atomic E-state index is 10.6. The molecule has 1 aliphatic heterocycles. The van der Waals surface area contributed by atoms with Gasteiger partial charge in [0.25, 0.3) is 0 Å². The second-order valence-electron chi connectivity index (χ2n) is 3.89. The number of amides is 1. The van der Waals surface area contributed by atoms with Crippen molar-refractivity contribution in [3.63, 3.8) is 0 Å². The van der Waals surface area contributed by atoms with Crippen molar-refractivity contribution in [2.45, 2.75) is 25.3 Å². The average molecular weight is 202 g/mol. The van der Waals surface area contributed by atoms with Gasteiger partial charge in [-0.05, 0) is 25.2 Å². The number of hydrogen-bond acceptors (Lipinski definition) is 3. The summed E-state index contributed by atoms with van der Waals surface area (Å²) in [7, 11) is 0. The highest BCUT2D eigenvalue weighted by Gasteiger charge is 2.23. The van der Waals surface area contributed by atoms with Crippen molar-refractivity contribution in [1.82, 2.24) is 4.90 Å². The molecule has 0 aliphatic carbocycles. The molecule has 1 aliphatic rings. The predicted molar refractivity (Wildman–Crippen MR) is 52.0 cm³/mol. The minimum absolute atomic E-state index is 0.0130. The van der Waals surface area contributed by atoms with Crippen molar-refractivity contribution in [3.8, 4) is 0 Å². The van der Waals surface area contributed by atoms with E-state index in [1.165, 1.54) is 4.90 Å². The van der Waals surface area contributed by atoms with E-state index in [0.717, 1.165) is 19.3 Å². The number of aliphatic hydroxyl groups is 1. The lowest BCUT2D eigenvalue weighted by atomic mass is 9.91. The second kappa shape index (κ2) is 5.17. The van der Waals surface area contributed by atoms with Crippen molar-refractivity contribution >= 4 is 6.09 Å². The molecule has 0 aromatic rings. The Hall–Kier alpha value is -0.810. The molecule has 0 unspecified atom stereocenters. The first-order valence-electron chi connectivity index (χ1n) is 4.97. The van der Waals surface area contributed by atoms with Crippen LogP contribution in [-0.4, -0.2) is 46.9 Å². The molecule has 1 heterocycles. The summed E-state index contributed by atoms with van der Waals surface area (Å²) in [5.41, 5.74) is 5.62. The molecule has 5 heteroatoms. The van der Waals surface area contributed by atoms with E-state index in [4.69, 9.17) is 15.9 Å². The zero-order chi connectivity index (χ0) is 10.6. The molecule has 1 atom stereocenters. The first-order valence-corrected chi connectivity index (χ1v) is 4.97. The van der Waals surface area contributed by atoms with Crippen LogP contribution in [0.3, 0.4) is 0 Å². The topological polar surface area (TPSA) is 86.8 Å². The summed E-state index contributed by atoms with van der Waals surface area (Å²) in [4.78, 5) is 12.0. The summed E-state index contributed by atoms with van der Waals surface area (Å²) in [6.45, 7) is 1.20. The van der Waals surface area contributed by atoms with Crippen LogP contribution in [0.25, 0.3) is 0 Å². The van der Waals surface area contributed by atoms with E-state index in [2.05, 4.69) is 0 Å². The van der Waals surface area contributed by atoms with Gasteiger partial charge in [-0.3, -0.25) is 0 Å². The third-order valence-corrected chi connectivity index (χ3v) is 2.76. The first-order chi connectivity index (χ1) is 6.63. The Kier molecular flexibility index (Phi) is 4.16. The molecule has 0 aromatic carbocycles. The van der Waals surface area contributed by atoms with Crippen LogP contribution in [0.15, 0.2) is 0 Å². The summed E-state index contributed by atoms with van der Waals surface area (Å²) in [5.74, 6) is 0.466. The molecule has 82 valence electrons. The lowest BCUT2D eigenvalue weighted by Crippen LogP contribution is -2.39. The summed E-state index contributed by atoms with van der Waals surface area (Å²) in [6.07, 6.45) is 1.68. The lowest BCUT2D eigenvalue weighted by molar-refractivity contribution is 0.119. The largest absolute Gasteiger partial charge is 0.465 e. The maximum Gasteiger partial charge on any atom is 0.407 e. The van der Waals surface area contributed by atoms with E-state index in [0.29, 0.717) is 19.0 Å². The number of nitrogens with zero attached hydrogens (tertiary/aromatic N) is 1. The van der Waals surface area contributed by atoms with Crippen molar-refractivity contribution in [2.75, 3.05) is 19.7 Å². The molecule has 1 amide bonds. The average Bonchev–Trinajstić information content (AvgIpc) is 2.18. The van der Waals surface area contributed by atoms with Gasteiger partial charge in [-0.15, -0.1) is 0 Å². The highest BCUT2D eigenvalue weighted by Crippen LogP contribution is 2.21. The number of likely N-dealkylation sites (tertiary alicyclic amines) is 1. The van der Waals surface area contributed by atoms with Gasteiger partial charge >= 0.3 is 6.09 Å². The van der Waals surface area contributed by atoms with Gasteiger partial charge in [-0.1, -0.05) is 0 Å². The third-order valence-electron chi connectivity index (χ3n) is 2.76. The molecule has 14 heavy (non-hydrogen) atoms.